The normalized spacial score (nSPS) is 14.7. The summed E-state index contributed by atoms with van der Waals surface area (Å²) < 4.78 is 11.3. The number of imide groups is 2. The van der Waals surface area contributed by atoms with Gasteiger partial charge in [-0.1, -0.05) is 60.5 Å². The first-order valence-corrected chi connectivity index (χ1v) is 11.8. The minimum atomic E-state index is -0.787. The maximum Gasteiger partial charge on any atom is 0.335 e. The summed E-state index contributed by atoms with van der Waals surface area (Å²) in [4.78, 5) is 39.3. The molecule has 1 aliphatic rings. The van der Waals surface area contributed by atoms with Crippen molar-refractivity contribution >= 4 is 52.8 Å². The first kappa shape index (κ1) is 25.3. The van der Waals surface area contributed by atoms with Gasteiger partial charge in [0.15, 0.2) is 11.5 Å². The molecule has 184 valence electrons. The van der Waals surface area contributed by atoms with E-state index in [0.717, 1.165) is 16.0 Å². The van der Waals surface area contributed by atoms with Gasteiger partial charge in [0.05, 0.1) is 12.8 Å². The van der Waals surface area contributed by atoms with Crippen molar-refractivity contribution < 1.29 is 23.9 Å². The Morgan fingerprint density at radius 2 is 1.72 bits per heavy atom. The molecule has 0 aromatic heterocycles. The minimum Gasteiger partial charge on any atom is -0.493 e. The molecule has 1 saturated heterocycles. The molecule has 0 bridgehead atoms. The van der Waals surface area contributed by atoms with Gasteiger partial charge in [-0.15, -0.1) is 0 Å². The molecule has 0 spiro atoms. The van der Waals surface area contributed by atoms with Crippen LogP contribution in [0.2, 0.25) is 10.0 Å². The Morgan fingerprint density at radius 1 is 0.944 bits per heavy atom. The Bertz CT molecular complexity index is 1390. The number of amides is 4. The van der Waals surface area contributed by atoms with Crippen molar-refractivity contribution in [3.8, 4) is 11.5 Å². The zero-order valence-electron chi connectivity index (χ0n) is 19.5. The lowest BCUT2D eigenvalue weighted by atomic mass is 10.0. The van der Waals surface area contributed by atoms with Crippen molar-refractivity contribution in [1.82, 2.24) is 5.32 Å². The number of rotatable bonds is 7. The highest BCUT2D eigenvalue weighted by molar-refractivity contribution is 6.39. The number of nitrogens with zero attached hydrogens (tertiary/aromatic N) is 1. The van der Waals surface area contributed by atoms with Gasteiger partial charge < -0.3 is 9.47 Å². The fourth-order valence-electron chi connectivity index (χ4n) is 3.76. The van der Waals surface area contributed by atoms with Gasteiger partial charge in [-0.2, -0.15) is 0 Å². The lowest BCUT2D eigenvalue weighted by Crippen LogP contribution is -2.54. The van der Waals surface area contributed by atoms with Gasteiger partial charge in [-0.25, -0.2) is 9.69 Å². The molecule has 1 aliphatic heterocycles. The summed E-state index contributed by atoms with van der Waals surface area (Å²) in [6.07, 6.45) is 2.02. The van der Waals surface area contributed by atoms with Crippen LogP contribution in [0, 0.1) is 0 Å². The number of carbonyl (C=O) groups excluding carboxylic acids is 3. The second kappa shape index (κ2) is 10.8. The number of benzene rings is 3. The third-order valence-corrected chi connectivity index (χ3v) is 6.20. The van der Waals surface area contributed by atoms with Gasteiger partial charge in [0, 0.05) is 15.6 Å². The van der Waals surface area contributed by atoms with Crippen molar-refractivity contribution in [3.05, 3.63) is 93.0 Å². The molecule has 1 heterocycles. The van der Waals surface area contributed by atoms with Gasteiger partial charge >= 0.3 is 6.03 Å². The van der Waals surface area contributed by atoms with Crippen LogP contribution in [-0.4, -0.2) is 25.0 Å². The van der Waals surface area contributed by atoms with E-state index in [4.69, 9.17) is 32.7 Å². The molecule has 0 radical (unpaired) electrons. The average Bonchev–Trinajstić information content (AvgIpc) is 2.86. The van der Waals surface area contributed by atoms with Crippen LogP contribution < -0.4 is 19.7 Å². The molecule has 3 aromatic carbocycles. The Balaban J connectivity index is 1.61. The summed E-state index contributed by atoms with van der Waals surface area (Å²) in [6.45, 7) is 2.10. The third-order valence-electron chi connectivity index (χ3n) is 5.61. The van der Waals surface area contributed by atoms with E-state index in [-0.39, 0.29) is 12.2 Å². The lowest BCUT2D eigenvalue weighted by molar-refractivity contribution is -0.122. The predicted octanol–water partition coefficient (Wildman–Crippen LogP) is 5.81. The SMILES string of the molecule is CCc1ccccc1N1C(=O)NC(=O)/C(=C/c2ccc(OCc3ccc(Cl)cc3Cl)c(OC)c2)C1=O. The van der Waals surface area contributed by atoms with E-state index in [2.05, 4.69) is 5.32 Å². The van der Waals surface area contributed by atoms with Crippen LogP contribution in [0.15, 0.2) is 66.2 Å². The lowest BCUT2D eigenvalue weighted by Gasteiger charge is -2.28. The predicted molar refractivity (Wildman–Crippen MR) is 139 cm³/mol. The van der Waals surface area contributed by atoms with Gasteiger partial charge in [0.2, 0.25) is 0 Å². The number of halogens is 2. The van der Waals surface area contributed by atoms with Crippen LogP contribution in [-0.2, 0) is 22.6 Å². The van der Waals surface area contributed by atoms with E-state index >= 15 is 0 Å². The van der Waals surface area contributed by atoms with Crippen LogP contribution in [0.4, 0.5) is 10.5 Å². The summed E-state index contributed by atoms with van der Waals surface area (Å²) in [5, 5.41) is 3.26. The minimum absolute atomic E-state index is 0.177. The van der Waals surface area contributed by atoms with Crippen molar-refractivity contribution in [3.63, 3.8) is 0 Å². The molecule has 0 aliphatic carbocycles. The highest BCUT2D eigenvalue weighted by atomic mass is 35.5. The summed E-state index contributed by atoms with van der Waals surface area (Å²) in [6, 6.07) is 16.4. The molecule has 7 nitrogen and oxygen atoms in total. The van der Waals surface area contributed by atoms with Crippen molar-refractivity contribution in [2.45, 2.75) is 20.0 Å². The van der Waals surface area contributed by atoms with Crippen molar-refractivity contribution in [2.24, 2.45) is 0 Å². The molecule has 0 unspecified atom stereocenters. The van der Waals surface area contributed by atoms with Crippen LogP contribution in [0.25, 0.3) is 6.08 Å². The molecule has 3 aromatic rings. The summed E-state index contributed by atoms with van der Waals surface area (Å²) >= 11 is 12.2. The Kier molecular flexibility index (Phi) is 7.62. The first-order chi connectivity index (χ1) is 17.3. The number of para-hydroxylation sites is 1. The molecule has 9 heteroatoms. The van der Waals surface area contributed by atoms with Gasteiger partial charge in [-0.05, 0) is 54.0 Å². The Labute approximate surface area is 218 Å². The third kappa shape index (κ3) is 5.22. The van der Waals surface area contributed by atoms with Crippen LogP contribution in [0.5, 0.6) is 11.5 Å². The molecule has 1 N–H and O–H groups in total. The van der Waals surface area contributed by atoms with Crippen LogP contribution in [0.3, 0.4) is 0 Å². The quantitative estimate of drug-likeness (QED) is 0.311. The fourth-order valence-corrected chi connectivity index (χ4v) is 4.22. The molecule has 0 atom stereocenters. The number of nitrogens with one attached hydrogen (secondary N) is 1. The fraction of sp³-hybridized carbons (Fsp3) is 0.148. The molecular weight excluding hydrogens is 503 g/mol. The maximum absolute atomic E-state index is 13.3. The van der Waals surface area contributed by atoms with Gasteiger partial charge in [0.25, 0.3) is 11.8 Å². The number of urea groups is 1. The standard InChI is InChI=1S/C27H22Cl2N2O5/c1-3-17-6-4-5-7-22(17)31-26(33)20(25(32)30-27(31)34)12-16-8-11-23(24(13-16)35-2)36-15-18-9-10-19(28)14-21(18)29/h4-14H,3,15H2,1-2H3,(H,30,32,34)/b20-12-. The van der Waals surface area contributed by atoms with Gasteiger partial charge in [-0.3, -0.25) is 14.9 Å². The Morgan fingerprint density at radius 3 is 2.44 bits per heavy atom. The number of aryl methyl sites for hydroxylation is 1. The number of carbonyl (C=O) groups is 3. The zero-order valence-corrected chi connectivity index (χ0v) is 21.0. The van der Waals surface area contributed by atoms with E-state index in [9.17, 15) is 14.4 Å². The number of anilines is 1. The van der Waals surface area contributed by atoms with E-state index in [1.807, 2.05) is 19.1 Å². The summed E-state index contributed by atoms with van der Waals surface area (Å²) in [7, 11) is 1.48. The molecule has 36 heavy (non-hydrogen) atoms. The molecular formula is C27H22Cl2N2O5. The summed E-state index contributed by atoms with van der Waals surface area (Å²) in [5.74, 6) is -0.644. The molecule has 4 rings (SSSR count). The maximum atomic E-state index is 13.3. The largest absolute Gasteiger partial charge is 0.493 e. The van der Waals surface area contributed by atoms with Gasteiger partial charge in [0.1, 0.15) is 12.2 Å². The van der Waals surface area contributed by atoms with E-state index in [0.29, 0.717) is 39.2 Å². The highest BCUT2D eigenvalue weighted by Crippen LogP contribution is 2.32. The second-order valence-electron chi connectivity index (χ2n) is 7.87. The van der Waals surface area contributed by atoms with E-state index in [1.54, 1.807) is 48.5 Å². The summed E-state index contributed by atoms with van der Waals surface area (Å²) in [5.41, 5.74) is 2.32. The zero-order chi connectivity index (χ0) is 25.8. The Hall–Kier alpha value is -3.81. The van der Waals surface area contributed by atoms with Crippen molar-refractivity contribution in [1.29, 1.82) is 0 Å². The number of methoxy groups -OCH3 is 1. The first-order valence-electron chi connectivity index (χ1n) is 11.1. The van der Waals surface area contributed by atoms with E-state index < -0.39 is 17.8 Å². The smallest absolute Gasteiger partial charge is 0.335 e. The number of barbiturate groups is 1. The molecule has 4 amide bonds. The molecule has 0 saturated carbocycles. The number of hydrogen-bond donors (Lipinski definition) is 1. The second-order valence-corrected chi connectivity index (χ2v) is 8.72. The van der Waals surface area contributed by atoms with Crippen molar-refractivity contribution in [2.75, 3.05) is 12.0 Å². The average molecular weight is 525 g/mol. The molecule has 1 fully saturated rings. The number of ether oxygens (including phenoxy) is 2. The monoisotopic (exact) mass is 524 g/mol. The van der Waals surface area contributed by atoms with Crippen LogP contribution in [0.1, 0.15) is 23.6 Å². The highest BCUT2D eigenvalue weighted by Gasteiger charge is 2.37. The number of hydrogen-bond acceptors (Lipinski definition) is 5. The van der Waals surface area contributed by atoms with E-state index in [1.165, 1.54) is 13.2 Å². The topological polar surface area (TPSA) is 84.9 Å². The van der Waals surface area contributed by atoms with Crippen LogP contribution >= 0.6 is 23.2 Å².